The van der Waals surface area contributed by atoms with Gasteiger partial charge in [-0.2, -0.15) is 0 Å². The minimum atomic E-state index is -0.260. The average molecular weight is 314 g/mol. The van der Waals surface area contributed by atoms with Gasteiger partial charge in [-0.3, -0.25) is 9.59 Å². The van der Waals surface area contributed by atoms with Crippen molar-refractivity contribution in [2.45, 2.75) is 13.3 Å². The molecule has 5 heteroatoms. The van der Waals surface area contributed by atoms with Gasteiger partial charge in [-0.15, -0.1) is 11.3 Å². The quantitative estimate of drug-likeness (QED) is 0.801. The van der Waals surface area contributed by atoms with Crippen molar-refractivity contribution < 1.29 is 9.59 Å². The van der Waals surface area contributed by atoms with Crippen LogP contribution in [0.2, 0.25) is 0 Å². The van der Waals surface area contributed by atoms with Crippen LogP contribution in [0.15, 0.2) is 47.9 Å². The molecule has 22 heavy (non-hydrogen) atoms. The number of carbonyl (C=O) groups excluding carboxylic acids is 2. The number of rotatable bonds is 6. The highest BCUT2D eigenvalue weighted by atomic mass is 32.1. The van der Waals surface area contributed by atoms with Crippen molar-refractivity contribution in [3.63, 3.8) is 0 Å². The summed E-state index contributed by atoms with van der Waals surface area (Å²) >= 11 is 1.56. The van der Waals surface area contributed by atoms with Crippen molar-refractivity contribution in [2.24, 2.45) is 0 Å². The lowest BCUT2D eigenvalue weighted by molar-refractivity contribution is -0.111. The van der Waals surface area contributed by atoms with Gasteiger partial charge < -0.3 is 10.6 Å². The lowest BCUT2D eigenvalue weighted by atomic mass is 10.1. The molecule has 0 aliphatic heterocycles. The molecule has 0 bridgehead atoms. The van der Waals surface area contributed by atoms with Gasteiger partial charge in [0, 0.05) is 17.5 Å². The Hall–Kier alpha value is -2.40. The highest BCUT2D eigenvalue weighted by molar-refractivity contribution is 7.10. The maximum Gasteiger partial charge on any atom is 0.253 e. The second-order valence-electron chi connectivity index (χ2n) is 4.64. The first-order valence-corrected chi connectivity index (χ1v) is 7.98. The Kier molecular flexibility index (Phi) is 5.91. The normalized spacial score (nSPS) is 10.6. The van der Waals surface area contributed by atoms with Crippen LogP contribution >= 0.6 is 11.3 Å². The summed E-state index contributed by atoms with van der Waals surface area (Å²) in [6.45, 7) is 2.60. The second-order valence-corrected chi connectivity index (χ2v) is 5.62. The Morgan fingerprint density at radius 2 is 2.00 bits per heavy atom. The van der Waals surface area contributed by atoms with Gasteiger partial charge in [0.2, 0.25) is 5.91 Å². The van der Waals surface area contributed by atoms with E-state index in [-0.39, 0.29) is 11.8 Å². The molecule has 0 radical (unpaired) electrons. The van der Waals surface area contributed by atoms with Crippen LogP contribution in [0.25, 0.3) is 6.08 Å². The Morgan fingerprint density at radius 3 is 2.73 bits per heavy atom. The van der Waals surface area contributed by atoms with Crippen LogP contribution in [0.1, 0.15) is 28.6 Å². The van der Waals surface area contributed by atoms with Crippen LogP contribution in [-0.4, -0.2) is 18.4 Å². The first-order chi connectivity index (χ1) is 10.7. The molecule has 4 nitrogen and oxygen atoms in total. The molecule has 0 aliphatic rings. The van der Waals surface area contributed by atoms with E-state index in [0.717, 1.165) is 11.3 Å². The third-order valence-corrected chi connectivity index (χ3v) is 3.74. The van der Waals surface area contributed by atoms with Gasteiger partial charge in [0.1, 0.15) is 0 Å². The van der Waals surface area contributed by atoms with Gasteiger partial charge in [0.15, 0.2) is 0 Å². The fourth-order valence-corrected chi connectivity index (χ4v) is 2.46. The summed E-state index contributed by atoms with van der Waals surface area (Å²) in [5.41, 5.74) is 0.978. The van der Waals surface area contributed by atoms with Gasteiger partial charge in [0.05, 0.1) is 11.3 Å². The predicted molar refractivity (Wildman–Crippen MR) is 91.0 cm³/mol. The standard InChI is InChI=1S/C17H18N2O2S/c1-2-11-18-17(21)14-7-3-4-8-15(14)19-16(20)10-9-13-6-5-12-22-13/h3-10,12H,2,11H2,1H3,(H,18,21)(H,19,20)/b10-9+. The Morgan fingerprint density at radius 1 is 1.18 bits per heavy atom. The molecule has 0 spiro atoms. The van der Waals surface area contributed by atoms with Crippen LogP contribution < -0.4 is 10.6 Å². The highest BCUT2D eigenvalue weighted by Gasteiger charge is 2.11. The van der Waals surface area contributed by atoms with E-state index in [1.165, 1.54) is 6.08 Å². The maximum atomic E-state index is 12.1. The van der Waals surface area contributed by atoms with Crippen LogP contribution in [-0.2, 0) is 4.79 Å². The zero-order valence-corrected chi connectivity index (χ0v) is 13.2. The molecule has 2 aromatic rings. The molecule has 0 atom stereocenters. The van der Waals surface area contributed by atoms with E-state index in [1.54, 1.807) is 41.7 Å². The van der Waals surface area contributed by atoms with E-state index < -0.39 is 0 Å². The molecule has 114 valence electrons. The lowest BCUT2D eigenvalue weighted by Crippen LogP contribution is -2.25. The van der Waals surface area contributed by atoms with Crippen LogP contribution in [0.4, 0.5) is 5.69 Å². The van der Waals surface area contributed by atoms with E-state index in [1.807, 2.05) is 24.4 Å². The number of para-hydroxylation sites is 1. The van der Waals surface area contributed by atoms with E-state index in [4.69, 9.17) is 0 Å². The van der Waals surface area contributed by atoms with Gasteiger partial charge in [-0.1, -0.05) is 25.1 Å². The van der Waals surface area contributed by atoms with E-state index in [9.17, 15) is 9.59 Å². The number of hydrogen-bond acceptors (Lipinski definition) is 3. The predicted octanol–water partition coefficient (Wildman–Crippen LogP) is 3.54. The van der Waals surface area contributed by atoms with E-state index >= 15 is 0 Å². The van der Waals surface area contributed by atoms with Gasteiger partial charge in [0.25, 0.3) is 5.91 Å². The summed E-state index contributed by atoms with van der Waals surface area (Å²) in [7, 11) is 0. The first-order valence-electron chi connectivity index (χ1n) is 7.10. The zero-order valence-electron chi connectivity index (χ0n) is 12.3. The second kappa shape index (κ2) is 8.14. The number of benzene rings is 1. The minimum Gasteiger partial charge on any atom is -0.352 e. The summed E-state index contributed by atoms with van der Waals surface area (Å²) < 4.78 is 0. The zero-order chi connectivity index (χ0) is 15.8. The minimum absolute atomic E-state index is 0.181. The number of thiophene rings is 1. The summed E-state index contributed by atoms with van der Waals surface area (Å²) in [5.74, 6) is -0.441. The monoisotopic (exact) mass is 314 g/mol. The lowest BCUT2D eigenvalue weighted by Gasteiger charge is -2.09. The fourth-order valence-electron chi connectivity index (χ4n) is 1.84. The Balaban J connectivity index is 2.06. The van der Waals surface area contributed by atoms with Crippen molar-refractivity contribution in [1.29, 1.82) is 0 Å². The Bertz CT molecular complexity index is 663. The number of hydrogen-bond donors (Lipinski definition) is 2. The van der Waals surface area contributed by atoms with Crippen LogP contribution in [0.3, 0.4) is 0 Å². The summed E-state index contributed by atoms with van der Waals surface area (Å²) in [5, 5.41) is 7.51. The van der Waals surface area contributed by atoms with E-state index in [0.29, 0.717) is 17.8 Å². The largest absolute Gasteiger partial charge is 0.352 e. The van der Waals surface area contributed by atoms with Crippen LogP contribution in [0.5, 0.6) is 0 Å². The number of amides is 2. The van der Waals surface area contributed by atoms with E-state index in [2.05, 4.69) is 10.6 Å². The maximum absolute atomic E-state index is 12.1. The molecule has 0 saturated heterocycles. The fraction of sp³-hybridized carbons (Fsp3) is 0.176. The van der Waals surface area contributed by atoms with Crippen molar-refractivity contribution in [1.82, 2.24) is 5.32 Å². The average Bonchev–Trinajstić information content (AvgIpc) is 3.04. The van der Waals surface area contributed by atoms with Crippen molar-refractivity contribution >= 4 is 34.9 Å². The van der Waals surface area contributed by atoms with Crippen LogP contribution in [0, 0.1) is 0 Å². The van der Waals surface area contributed by atoms with Crippen molar-refractivity contribution in [2.75, 3.05) is 11.9 Å². The molecule has 1 aromatic carbocycles. The van der Waals surface area contributed by atoms with Gasteiger partial charge in [-0.05, 0) is 36.1 Å². The third-order valence-electron chi connectivity index (χ3n) is 2.91. The number of anilines is 1. The summed E-state index contributed by atoms with van der Waals surface area (Å²) in [4.78, 5) is 25.0. The third kappa shape index (κ3) is 4.56. The molecule has 0 saturated carbocycles. The molecule has 2 N–H and O–H groups in total. The Labute approximate surface area is 133 Å². The summed E-state index contributed by atoms with van der Waals surface area (Å²) in [6.07, 6.45) is 4.08. The SMILES string of the molecule is CCCNC(=O)c1ccccc1NC(=O)/C=C/c1cccs1. The smallest absolute Gasteiger partial charge is 0.253 e. The van der Waals surface area contributed by atoms with Gasteiger partial charge in [-0.25, -0.2) is 0 Å². The number of carbonyl (C=O) groups is 2. The molecule has 1 aromatic heterocycles. The van der Waals surface area contributed by atoms with Crippen molar-refractivity contribution in [3.8, 4) is 0 Å². The topological polar surface area (TPSA) is 58.2 Å². The molecule has 0 unspecified atom stereocenters. The number of nitrogens with one attached hydrogen (secondary N) is 2. The highest BCUT2D eigenvalue weighted by Crippen LogP contribution is 2.15. The molecule has 1 heterocycles. The summed E-state index contributed by atoms with van der Waals surface area (Å²) in [6, 6.07) is 10.8. The van der Waals surface area contributed by atoms with Gasteiger partial charge >= 0.3 is 0 Å². The van der Waals surface area contributed by atoms with Crippen molar-refractivity contribution in [3.05, 3.63) is 58.3 Å². The molecular weight excluding hydrogens is 296 g/mol. The molecule has 2 rings (SSSR count). The molecule has 2 amide bonds. The first kappa shape index (κ1) is 16.0. The molecular formula is C17H18N2O2S. The molecule has 0 aliphatic carbocycles. The molecule has 0 fully saturated rings.